The molecule has 4 aromatic rings. The van der Waals surface area contributed by atoms with Crippen LogP contribution in [0.15, 0.2) is 48.8 Å². The molecule has 0 unspecified atom stereocenters. The van der Waals surface area contributed by atoms with Gasteiger partial charge in [-0.05, 0) is 37.1 Å². The Hall–Kier alpha value is -3.36. The van der Waals surface area contributed by atoms with Gasteiger partial charge in [-0.1, -0.05) is 48.2 Å². The minimum absolute atomic E-state index is 0.119. The van der Waals surface area contributed by atoms with Gasteiger partial charge in [0.05, 0.1) is 29.6 Å². The second-order valence-corrected chi connectivity index (χ2v) is 9.11. The fraction of sp³-hybridized carbons (Fsp3) is 0.280. The molecule has 2 aromatic heterocycles. The number of anilines is 1. The van der Waals surface area contributed by atoms with Gasteiger partial charge in [0, 0.05) is 40.1 Å². The summed E-state index contributed by atoms with van der Waals surface area (Å²) in [6.07, 6.45) is 5.25. The first-order chi connectivity index (χ1) is 16.9. The van der Waals surface area contributed by atoms with E-state index in [0.717, 1.165) is 40.7 Å². The summed E-state index contributed by atoms with van der Waals surface area (Å²) in [5.74, 6) is -0.454. The molecular formula is C25H25Cl2N5O3. The van der Waals surface area contributed by atoms with Crippen molar-refractivity contribution in [2.45, 2.75) is 45.1 Å². The number of carbonyl (C=O) groups excluding carboxylic acids is 1. The zero-order valence-electron chi connectivity index (χ0n) is 18.9. The van der Waals surface area contributed by atoms with Crippen molar-refractivity contribution < 1.29 is 14.7 Å². The van der Waals surface area contributed by atoms with Crippen LogP contribution in [-0.2, 0) is 16.1 Å². The van der Waals surface area contributed by atoms with Gasteiger partial charge in [-0.3, -0.25) is 14.7 Å². The number of aromatic nitrogens is 4. The zero-order chi connectivity index (χ0) is 24.8. The van der Waals surface area contributed by atoms with Crippen molar-refractivity contribution >= 4 is 51.9 Å². The van der Waals surface area contributed by atoms with Gasteiger partial charge < -0.3 is 15.0 Å². The van der Waals surface area contributed by atoms with Crippen LogP contribution >= 0.6 is 23.2 Å². The Balaban J connectivity index is 1.40. The summed E-state index contributed by atoms with van der Waals surface area (Å²) in [6, 6.07) is 13.1. The molecule has 0 fully saturated rings. The SMILES string of the molecule is O=C(O)CCCCCCC(=O)Nc1cc(-c2ccc3ncn(Cc4c(Cl)cccc4Cl)c3c2)[nH]n1. The van der Waals surface area contributed by atoms with E-state index in [1.165, 1.54) is 0 Å². The van der Waals surface area contributed by atoms with Crippen molar-refractivity contribution in [3.63, 3.8) is 0 Å². The third-order valence-corrected chi connectivity index (χ3v) is 6.42. The summed E-state index contributed by atoms with van der Waals surface area (Å²) in [6.45, 7) is 0.485. The molecule has 0 saturated heterocycles. The second kappa shape index (κ2) is 11.4. The number of hydrogen-bond donors (Lipinski definition) is 3. The minimum atomic E-state index is -0.786. The van der Waals surface area contributed by atoms with Crippen LogP contribution in [0.2, 0.25) is 10.0 Å². The Labute approximate surface area is 212 Å². The smallest absolute Gasteiger partial charge is 0.303 e. The van der Waals surface area contributed by atoms with Crippen LogP contribution in [0, 0.1) is 0 Å². The van der Waals surface area contributed by atoms with E-state index in [1.54, 1.807) is 12.4 Å². The molecule has 1 amide bonds. The number of aromatic amines is 1. The molecule has 182 valence electrons. The van der Waals surface area contributed by atoms with Gasteiger partial charge in [0.25, 0.3) is 0 Å². The normalized spacial score (nSPS) is 11.1. The number of carboxylic acids is 1. The molecule has 0 saturated carbocycles. The first-order valence-corrected chi connectivity index (χ1v) is 12.1. The molecular weight excluding hydrogens is 489 g/mol. The number of nitrogens with zero attached hydrogens (tertiary/aromatic N) is 3. The Morgan fingerprint density at radius 2 is 1.74 bits per heavy atom. The van der Waals surface area contributed by atoms with Crippen molar-refractivity contribution in [3.8, 4) is 11.3 Å². The fourth-order valence-corrected chi connectivity index (χ4v) is 4.38. The highest BCUT2D eigenvalue weighted by molar-refractivity contribution is 6.36. The van der Waals surface area contributed by atoms with Gasteiger partial charge in [-0.25, -0.2) is 4.98 Å². The molecule has 0 aliphatic rings. The van der Waals surface area contributed by atoms with Crippen LogP contribution in [0.3, 0.4) is 0 Å². The maximum absolute atomic E-state index is 12.2. The number of H-pyrrole nitrogens is 1. The number of unbranched alkanes of at least 4 members (excludes halogenated alkanes) is 3. The molecule has 2 heterocycles. The largest absolute Gasteiger partial charge is 0.481 e. The van der Waals surface area contributed by atoms with Crippen molar-refractivity contribution in [2.75, 3.05) is 5.32 Å². The number of nitrogens with one attached hydrogen (secondary N) is 2. The number of imidazole rings is 1. The van der Waals surface area contributed by atoms with Crippen LogP contribution in [0.25, 0.3) is 22.3 Å². The molecule has 0 aliphatic heterocycles. The molecule has 4 rings (SSSR count). The summed E-state index contributed by atoms with van der Waals surface area (Å²) < 4.78 is 1.99. The first kappa shape index (κ1) is 24.8. The van der Waals surface area contributed by atoms with Crippen LogP contribution in [0.4, 0.5) is 5.82 Å². The van der Waals surface area contributed by atoms with Gasteiger partial charge in [0.15, 0.2) is 5.82 Å². The fourth-order valence-electron chi connectivity index (χ4n) is 3.86. The average Bonchev–Trinajstić information content (AvgIpc) is 3.45. The number of amides is 1. The van der Waals surface area contributed by atoms with E-state index in [4.69, 9.17) is 28.3 Å². The van der Waals surface area contributed by atoms with Crippen LogP contribution in [-0.4, -0.2) is 36.7 Å². The lowest BCUT2D eigenvalue weighted by molar-refractivity contribution is -0.137. The summed E-state index contributed by atoms with van der Waals surface area (Å²) in [7, 11) is 0. The van der Waals surface area contributed by atoms with E-state index >= 15 is 0 Å². The second-order valence-electron chi connectivity index (χ2n) is 8.30. The molecule has 2 aromatic carbocycles. The Morgan fingerprint density at radius 1 is 1.00 bits per heavy atom. The summed E-state index contributed by atoms with van der Waals surface area (Å²) in [5.41, 5.74) is 4.25. The Bertz CT molecular complexity index is 1330. The highest BCUT2D eigenvalue weighted by Crippen LogP contribution is 2.28. The maximum Gasteiger partial charge on any atom is 0.303 e. The zero-order valence-corrected chi connectivity index (χ0v) is 20.4. The molecule has 3 N–H and O–H groups in total. The number of aliphatic carboxylic acids is 1. The van der Waals surface area contributed by atoms with E-state index in [-0.39, 0.29) is 12.3 Å². The lowest BCUT2D eigenvalue weighted by Crippen LogP contribution is -2.11. The van der Waals surface area contributed by atoms with Crippen molar-refractivity contribution in [1.82, 2.24) is 19.7 Å². The predicted octanol–water partition coefficient (Wildman–Crippen LogP) is 6.15. The number of fused-ring (bicyclic) bond motifs is 1. The molecule has 0 radical (unpaired) electrons. The summed E-state index contributed by atoms with van der Waals surface area (Å²) >= 11 is 12.7. The average molecular weight is 514 g/mol. The van der Waals surface area contributed by atoms with Crippen molar-refractivity contribution in [3.05, 3.63) is 64.4 Å². The van der Waals surface area contributed by atoms with Crippen LogP contribution in [0.5, 0.6) is 0 Å². The van der Waals surface area contributed by atoms with Crippen LogP contribution < -0.4 is 5.32 Å². The highest BCUT2D eigenvalue weighted by Gasteiger charge is 2.12. The van der Waals surface area contributed by atoms with Gasteiger partial charge >= 0.3 is 5.97 Å². The Kier molecular flexibility index (Phi) is 8.05. The lowest BCUT2D eigenvalue weighted by Gasteiger charge is -2.09. The standard InChI is InChI=1S/C25H25Cl2N5O3/c26-18-6-5-7-19(27)17(18)14-32-15-28-20-11-10-16(12-22(20)32)21-13-23(31-30-21)29-24(33)8-3-1-2-4-9-25(34)35/h5-7,10-13,15H,1-4,8-9,14H2,(H,34,35)(H2,29,30,31,33). The molecule has 0 bridgehead atoms. The van der Waals surface area contributed by atoms with Crippen molar-refractivity contribution in [1.29, 1.82) is 0 Å². The molecule has 10 heteroatoms. The van der Waals surface area contributed by atoms with Gasteiger partial charge in [0.1, 0.15) is 0 Å². The van der Waals surface area contributed by atoms with E-state index in [1.807, 2.05) is 41.0 Å². The molecule has 0 atom stereocenters. The van der Waals surface area contributed by atoms with E-state index in [9.17, 15) is 9.59 Å². The summed E-state index contributed by atoms with van der Waals surface area (Å²) in [5, 5.41) is 19.8. The maximum atomic E-state index is 12.2. The monoisotopic (exact) mass is 513 g/mol. The number of rotatable bonds is 11. The van der Waals surface area contributed by atoms with Crippen LogP contribution in [0.1, 0.15) is 44.1 Å². The number of benzene rings is 2. The predicted molar refractivity (Wildman–Crippen MR) is 137 cm³/mol. The van der Waals surface area contributed by atoms with E-state index < -0.39 is 5.97 Å². The van der Waals surface area contributed by atoms with Gasteiger partial charge in [-0.15, -0.1) is 0 Å². The number of carbonyl (C=O) groups is 2. The number of halogens is 2. The first-order valence-electron chi connectivity index (χ1n) is 11.4. The van der Waals surface area contributed by atoms with E-state index in [2.05, 4.69) is 20.5 Å². The topological polar surface area (TPSA) is 113 Å². The molecule has 8 nitrogen and oxygen atoms in total. The highest BCUT2D eigenvalue weighted by atomic mass is 35.5. The Morgan fingerprint density at radius 3 is 2.49 bits per heavy atom. The third-order valence-electron chi connectivity index (χ3n) is 5.71. The van der Waals surface area contributed by atoms with Crippen molar-refractivity contribution in [2.24, 2.45) is 0 Å². The molecule has 0 aliphatic carbocycles. The lowest BCUT2D eigenvalue weighted by atomic mass is 10.1. The van der Waals surface area contributed by atoms with Gasteiger partial charge in [-0.2, -0.15) is 5.10 Å². The summed E-state index contributed by atoms with van der Waals surface area (Å²) in [4.78, 5) is 27.2. The quantitative estimate of drug-likeness (QED) is 0.208. The third kappa shape index (κ3) is 6.41. The minimum Gasteiger partial charge on any atom is -0.481 e. The van der Waals surface area contributed by atoms with Gasteiger partial charge in [0.2, 0.25) is 5.91 Å². The van der Waals surface area contributed by atoms with E-state index in [0.29, 0.717) is 41.7 Å². The molecule has 0 spiro atoms. The number of carboxylic acid groups (broad SMARTS) is 1. The molecule has 35 heavy (non-hydrogen) atoms. The number of hydrogen-bond acceptors (Lipinski definition) is 4.